The lowest BCUT2D eigenvalue weighted by Crippen LogP contribution is -2.53. The molecule has 2 aliphatic rings. The summed E-state index contributed by atoms with van der Waals surface area (Å²) in [4.78, 5) is 50.6. The van der Waals surface area contributed by atoms with E-state index in [1.807, 2.05) is 38.1 Å². The zero-order chi connectivity index (χ0) is 29.7. The minimum absolute atomic E-state index is 0.0000928. The maximum Gasteiger partial charge on any atom is 0.408 e. The Morgan fingerprint density at radius 1 is 1.05 bits per heavy atom. The zero-order valence-corrected chi connectivity index (χ0v) is 24.5. The van der Waals surface area contributed by atoms with Gasteiger partial charge in [-0.1, -0.05) is 61.3 Å². The van der Waals surface area contributed by atoms with E-state index in [-0.39, 0.29) is 24.7 Å². The largest absolute Gasteiger partial charge is 0.480 e. The summed E-state index contributed by atoms with van der Waals surface area (Å²) < 4.78 is 6.05. The van der Waals surface area contributed by atoms with E-state index in [0.29, 0.717) is 28.6 Å². The van der Waals surface area contributed by atoms with Gasteiger partial charge in [0, 0.05) is 27.9 Å². The van der Waals surface area contributed by atoms with E-state index in [1.165, 1.54) is 0 Å². The van der Waals surface area contributed by atoms with E-state index in [4.69, 9.17) is 27.9 Å². The molecule has 1 saturated carbocycles. The van der Waals surface area contributed by atoms with Crippen LogP contribution < -0.4 is 16.0 Å². The van der Waals surface area contributed by atoms with Crippen molar-refractivity contribution in [3.63, 3.8) is 0 Å². The summed E-state index contributed by atoms with van der Waals surface area (Å²) >= 11 is 12.6. The molecule has 220 valence electrons. The van der Waals surface area contributed by atoms with Gasteiger partial charge in [-0.05, 0) is 73.4 Å². The van der Waals surface area contributed by atoms with Gasteiger partial charge in [-0.15, -0.1) is 0 Å². The zero-order valence-electron chi connectivity index (χ0n) is 23.0. The SMILES string of the molecule is CC(C)CC(NC(=O)OC(c1cccc(Cl)c1)C1(c2cccc(Cl)c2)CC1)C(=O)NC(C[C@@H]1CCNC1=O)C(=O)O. The lowest BCUT2D eigenvalue weighted by molar-refractivity contribution is -0.143. The molecule has 9 nitrogen and oxygen atoms in total. The number of aliphatic carboxylic acids is 1. The number of rotatable bonds is 12. The molecule has 2 aromatic rings. The summed E-state index contributed by atoms with van der Waals surface area (Å²) in [6, 6.07) is 12.2. The van der Waals surface area contributed by atoms with E-state index < -0.39 is 47.5 Å². The topological polar surface area (TPSA) is 134 Å². The number of hydrogen-bond acceptors (Lipinski definition) is 5. The first-order valence-electron chi connectivity index (χ1n) is 13.8. The van der Waals surface area contributed by atoms with Gasteiger partial charge < -0.3 is 25.8 Å². The summed E-state index contributed by atoms with van der Waals surface area (Å²) in [6.07, 6.45) is 0.688. The van der Waals surface area contributed by atoms with Crippen molar-refractivity contribution in [2.75, 3.05) is 6.54 Å². The molecule has 2 fully saturated rings. The highest BCUT2D eigenvalue weighted by atomic mass is 35.5. The van der Waals surface area contributed by atoms with Crippen LogP contribution in [-0.2, 0) is 24.5 Å². The molecule has 41 heavy (non-hydrogen) atoms. The fourth-order valence-electron chi connectivity index (χ4n) is 5.44. The molecule has 0 bridgehead atoms. The summed E-state index contributed by atoms with van der Waals surface area (Å²) in [6.45, 7) is 4.24. The van der Waals surface area contributed by atoms with Crippen LogP contribution in [0.2, 0.25) is 10.0 Å². The molecule has 1 aliphatic heterocycles. The van der Waals surface area contributed by atoms with Crippen LogP contribution in [0.4, 0.5) is 4.79 Å². The van der Waals surface area contributed by atoms with Crippen LogP contribution >= 0.6 is 23.2 Å². The summed E-state index contributed by atoms with van der Waals surface area (Å²) in [5, 5.41) is 18.7. The Labute approximate surface area is 249 Å². The third-order valence-corrected chi connectivity index (χ3v) is 8.15. The van der Waals surface area contributed by atoms with Gasteiger partial charge in [-0.25, -0.2) is 9.59 Å². The highest BCUT2D eigenvalue weighted by Gasteiger charge is 2.54. The van der Waals surface area contributed by atoms with Gasteiger partial charge in [0.15, 0.2) is 0 Å². The molecular weight excluding hydrogens is 569 g/mol. The number of carbonyl (C=O) groups excluding carboxylic acids is 3. The van der Waals surface area contributed by atoms with Gasteiger partial charge in [0.05, 0.1) is 0 Å². The van der Waals surface area contributed by atoms with Crippen LogP contribution in [0.1, 0.15) is 63.2 Å². The maximum atomic E-state index is 13.4. The Balaban J connectivity index is 1.53. The van der Waals surface area contributed by atoms with E-state index >= 15 is 0 Å². The standard InChI is InChI=1S/C30H35Cl2N3O6/c1-17(2)13-23(27(37)34-24(28(38)39)15-19-9-12-33-26(19)36)35-29(40)41-25(18-5-3-7-21(31)14-18)30(10-11-30)20-6-4-8-22(32)16-20/h3-8,14,16-17,19,23-25H,9-13,15H2,1-2H3,(H,33,36)(H,34,37)(H,35,40)(H,38,39)/t19-,23?,24?,25?/m0/s1. The lowest BCUT2D eigenvalue weighted by Gasteiger charge is -2.29. The predicted octanol–water partition coefficient (Wildman–Crippen LogP) is 5.00. The first kappa shape index (κ1) is 30.7. The Bertz CT molecular complexity index is 1300. The number of amides is 3. The Kier molecular flexibility index (Phi) is 9.81. The minimum Gasteiger partial charge on any atom is -0.480 e. The average Bonchev–Trinajstić information content (AvgIpc) is 3.62. The molecule has 0 radical (unpaired) electrons. The summed E-state index contributed by atoms with van der Waals surface area (Å²) in [5.41, 5.74) is 1.12. The van der Waals surface area contributed by atoms with E-state index in [9.17, 15) is 24.3 Å². The van der Waals surface area contributed by atoms with Crippen molar-refractivity contribution in [1.29, 1.82) is 0 Å². The maximum absolute atomic E-state index is 13.4. The number of ether oxygens (including phenoxy) is 1. The third-order valence-electron chi connectivity index (χ3n) is 7.68. The van der Waals surface area contributed by atoms with E-state index in [2.05, 4.69) is 16.0 Å². The van der Waals surface area contributed by atoms with Gasteiger partial charge >= 0.3 is 12.1 Å². The summed E-state index contributed by atoms with van der Waals surface area (Å²) in [7, 11) is 0. The van der Waals surface area contributed by atoms with Gasteiger partial charge in [-0.3, -0.25) is 9.59 Å². The molecule has 0 aromatic heterocycles. The van der Waals surface area contributed by atoms with Gasteiger partial charge in [0.2, 0.25) is 11.8 Å². The Hall–Kier alpha value is -3.30. The van der Waals surface area contributed by atoms with Crippen molar-refractivity contribution in [1.82, 2.24) is 16.0 Å². The van der Waals surface area contributed by atoms with E-state index in [0.717, 1.165) is 18.4 Å². The molecule has 11 heteroatoms. The predicted molar refractivity (Wildman–Crippen MR) is 155 cm³/mol. The fraction of sp³-hybridized carbons (Fsp3) is 0.467. The van der Waals surface area contributed by atoms with Crippen molar-refractivity contribution in [2.24, 2.45) is 11.8 Å². The average molecular weight is 605 g/mol. The molecule has 1 saturated heterocycles. The van der Waals surface area contributed by atoms with Crippen molar-refractivity contribution in [2.45, 2.75) is 69.6 Å². The molecular formula is C30H35Cl2N3O6. The number of benzene rings is 2. The first-order chi connectivity index (χ1) is 19.5. The number of nitrogens with one attached hydrogen (secondary N) is 3. The first-order valence-corrected chi connectivity index (χ1v) is 14.5. The van der Waals surface area contributed by atoms with Crippen LogP contribution in [0.3, 0.4) is 0 Å². The Morgan fingerprint density at radius 2 is 1.73 bits per heavy atom. The van der Waals surface area contributed by atoms with Crippen molar-refractivity contribution in [3.8, 4) is 0 Å². The van der Waals surface area contributed by atoms with Gasteiger partial charge in [0.1, 0.15) is 18.2 Å². The van der Waals surface area contributed by atoms with Crippen LogP contribution in [-0.4, -0.2) is 47.6 Å². The second-order valence-corrected chi connectivity index (χ2v) is 12.1. The number of carboxylic acid groups (broad SMARTS) is 1. The molecule has 2 aromatic carbocycles. The van der Waals surface area contributed by atoms with Crippen molar-refractivity contribution < 1.29 is 29.0 Å². The van der Waals surface area contributed by atoms with E-state index in [1.54, 1.807) is 24.3 Å². The Morgan fingerprint density at radius 3 is 2.29 bits per heavy atom. The molecule has 0 spiro atoms. The highest BCUT2D eigenvalue weighted by Crippen LogP contribution is 2.58. The molecule has 1 aliphatic carbocycles. The van der Waals surface area contributed by atoms with Crippen LogP contribution in [0.15, 0.2) is 48.5 Å². The quantitative estimate of drug-likeness (QED) is 0.270. The molecule has 4 rings (SSSR count). The van der Waals surface area contributed by atoms with Crippen molar-refractivity contribution >= 4 is 47.1 Å². The molecule has 4 N–H and O–H groups in total. The monoisotopic (exact) mass is 603 g/mol. The minimum atomic E-state index is -1.28. The summed E-state index contributed by atoms with van der Waals surface area (Å²) in [5.74, 6) is -2.64. The number of carbonyl (C=O) groups is 4. The second-order valence-electron chi connectivity index (χ2n) is 11.2. The molecule has 1 heterocycles. The normalized spacial score (nSPS) is 19.5. The molecule has 3 amide bonds. The number of alkyl carbamates (subject to hydrolysis) is 1. The van der Waals surface area contributed by atoms with Crippen LogP contribution in [0.5, 0.6) is 0 Å². The molecule has 3 unspecified atom stereocenters. The smallest absolute Gasteiger partial charge is 0.408 e. The number of halogens is 2. The van der Waals surface area contributed by atoms with Gasteiger partial charge in [0.25, 0.3) is 0 Å². The third kappa shape index (κ3) is 7.71. The highest BCUT2D eigenvalue weighted by molar-refractivity contribution is 6.31. The second kappa shape index (κ2) is 13.1. The lowest BCUT2D eigenvalue weighted by atomic mass is 9.86. The van der Waals surface area contributed by atoms with Gasteiger partial charge in [-0.2, -0.15) is 0 Å². The molecule has 4 atom stereocenters. The van der Waals surface area contributed by atoms with Crippen molar-refractivity contribution in [3.05, 3.63) is 69.7 Å². The fourth-order valence-corrected chi connectivity index (χ4v) is 5.83. The van der Waals surface area contributed by atoms with Crippen LogP contribution in [0, 0.1) is 11.8 Å². The number of carboxylic acids is 1. The number of hydrogen-bond donors (Lipinski definition) is 4. The van der Waals surface area contributed by atoms with Crippen LogP contribution in [0.25, 0.3) is 0 Å².